The van der Waals surface area contributed by atoms with Crippen LogP contribution in [0.3, 0.4) is 0 Å². The maximum atomic E-state index is 9.20. The highest BCUT2D eigenvalue weighted by Crippen LogP contribution is 2.23. The lowest BCUT2D eigenvalue weighted by Crippen LogP contribution is -2.34. The van der Waals surface area contributed by atoms with E-state index in [1.807, 2.05) is 6.92 Å². The fourth-order valence-electron chi connectivity index (χ4n) is 2.45. The normalized spacial score (nSPS) is 24.2. The van der Waals surface area contributed by atoms with Gasteiger partial charge in [0.15, 0.2) is 0 Å². The standard InChI is InChI=1S/C14H20N4/c1-11-8-17-13(9-16-11)10-18-14-6-4-2-3-5-12(14)7-15/h8-9,12,14,18H,2-6,10H2,1H3. The molecule has 18 heavy (non-hydrogen) atoms. The lowest BCUT2D eigenvalue weighted by Gasteiger charge is -2.20. The summed E-state index contributed by atoms with van der Waals surface area (Å²) in [5.41, 5.74) is 1.88. The van der Waals surface area contributed by atoms with Gasteiger partial charge in [-0.1, -0.05) is 19.3 Å². The van der Waals surface area contributed by atoms with Crippen molar-refractivity contribution < 1.29 is 0 Å². The molecule has 1 heterocycles. The van der Waals surface area contributed by atoms with Gasteiger partial charge in [0.25, 0.3) is 0 Å². The number of rotatable bonds is 3. The quantitative estimate of drug-likeness (QED) is 0.829. The Morgan fingerprint density at radius 3 is 2.83 bits per heavy atom. The first-order valence-corrected chi connectivity index (χ1v) is 6.70. The van der Waals surface area contributed by atoms with Gasteiger partial charge in [0.2, 0.25) is 0 Å². The van der Waals surface area contributed by atoms with Gasteiger partial charge in [-0.3, -0.25) is 9.97 Å². The smallest absolute Gasteiger partial charge is 0.0724 e. The fraction of sp³-hybridized carbons (Fsp3) is 0.643. The first kappa shape index (κ1) is 13.0. The molecule has 1 saturated carbocycles. The zero-order valence-electron chi connectivity index (χ0n) is 10.9. The van der Waals surface area contributed by atoms with Crippen molar-refractivity contribution in [1.29, 1.82) is 5.26 Å². The fourth-order valence-corrected chi connectivity index (χ4v) is 2.45. The molecule has 0 spiro atoms. The molecule has 0 aromatic carbocycles. The number of nitrogens with one attached hydrogen (secondary N) is 1. The highest BCUT2D eigenvalue weighted by atomic mass is 14.9. The van der Waals surface area contributed by atoms with Gasteiger partial charge in [-0.05, 0) is 19.8 Å². The van der Waals surface area contributed by atoms with Crippen molar-refractivity contribution in [3.8, 4) is 6.07 Å². The summed E-state index contributed by atoms with van der Waals surface area (Å²) in [5.74, 6) is 0.144. The molecule has 0 radical (unpaired) electrons. The molecule has 0 aliphatic heterocycles. The Hall–Kier alpha value is -1.47. The van der Waals surface area contributed by atoms with Gasteiger partial charge in [-0.2, -0.15) is 5.26 Å². The van der Waals surface area contributed by atoms with Gasteiger partial charge in [-0.25, -0.2) is 0 Å². The van der Waals surface area contributed by atoms with E-state index in [-0.39, 0.29) is 5.92 Å². The van der Waals surface area contributed by atoms with Gasteiger partial charge >= 0.3 is 0 Å². The molecule has 96 valence electrons. The van der Waals surface area contributed by atoms with Crippen LogP contribution in [-0.4, -0.2) is 16.0 Å². The highest BCUT2D eigenvalue weighted by Gasteiger charge is 2.22. The summed E-state index contributed by atoms with van der Waals surface area (Å²) in [7, 11) is 0. The Balaban J connectivity index is 1.91. The molecule has 1 aromatic rings. The minimum absolute atomic E-state index is 0.144. The van der Waals surface area contributed by atoms with Crippen LogP contribution in [0.5, 0.6) is 0 Å². The molecule has 0 amide bonds. The van der Waals surface area contributed by atoms with Gasteiger partial charge < -0.3 is 5.32 Å². The lowest BCUT2D eigenvalue weighted by atomic mass is 9.96. The van der Waals surface area contributed by atoms with Crippen LogP contribution in [0.15, 0.2) is 12.4 Å². The molecule has 0 bridgehead atoms. The van der Waals surface area contributed by atoms with Gasteiger partial charge in [0.05, 0.1) is 23.4 Å². The molecule has 4 heteroatoms. The van der Waals surface area contributed by atoms with Crippen molar-refractivity contribution in [2.75, 3.05) is 0 Å². The summed E-state index contributed by atoms with van der Waals surface area (Å²) >= 11 is 0. The van der Waals surface area contributed by atoms with Crippen LogP contribution in [-0.2, 0) is 6.54 Å². The third-order valence-electron chi connectivity index (χ3n) is 3.56. The minimum Gasteiger partial charge on any atom is -0.307 e. The number of hydrogen-bond donors (Lipinski definition) is 1. The van der Waals surface area contributed by atoms with E-state index in [1.165, 1.54) is 19.3 Å². The predicted molar refractivity (Wildman–Crippen MR) is 69.6 cm³/mol. The average molecular weight is 244 g/mol. The number of nitrogens with zero attached hydrogens (tertiary/aromatic N) is 3. The molecular formula is C14H20N4. The lowest BCUT2D eigenvalue weighted by molar-refractivity contribution is 0.391. The second-order valence-electron chi connectivity index (χ2n) is 5.01. The van der Waals surface area contributed by atoms with E-state index in [0.717, 1.165) is 24.2 Å². The third kappa shape index (κ3) is 3.51. The number of aryl methyl sites for hydroxylation is 1. The molecule has 1 aliphatic carbocycles. The van der Waals surface area contributed by atoms with E-state index in [2.05, 4.69) is 21.4 Å². The van der Waals surface area contributed by atoms with Crippen molar-refractivity contribution in [1.82, 2.24) is 15.3 Å². The second kappa shape index (κ2) is 6.46. The van der Waals surface area contributed by atoms with Crippen molar-refractivity contribution >= 4 is 0 Å². The van der Waals surface area contributed by atoms with Crippen LogP contribution in [0.25, 0.3) is 0 Å². The molecule has 2 unspecified atom stereocenters. The van der Waals surface area contributed by atoms with Crippen molar-refractivity contribution in [3.05, 3.63) is 23.8 Å². The molecule has 1 fully saturated rings. The summed E-state index contributed by atoms with van der Waals surface area (Å²) in [6.45, 7) is 2.64. The summed E-state index contributed by atoms with van der Waals surface area (Å²) in [4.78, 5) is 8.56. The molecule has 1 N–H and O–H groups in total. The second-order valence-corrected chi connectivity index (χ2v) is 5.01. The van der Waals surface area contributed by atoms with Crippen LogP contribution in [0, 0.1) is 24.2 Å². The van der Waals surface area contributed by atoms with E-state index in [1.54, 1.807) is 12.4 Å². The maximum absolute atomic E-state index is 9.20. The molecular weight excluding hydrogens is 224 g/mol. The van der Waals surface area contributed by atoms with Gasteiger partial charge in [0, 0.05) is 25.0 Å². The maximum Gasteiger partial charge on any atom is 0.0724 e. The summed E-state index contributed by atoms with van der Waals surface area (Å²) in [6.07, 6.45) is 9.36. The van der Waals surface area contributed by atoms with E-state index in [0.29, 0.717) is 12.6 Å². The average Bonchev–Trinajstić information content (AvgIpc) is 2.63. The van der Waals surface area contributed by atoms with Crippen molar-refractivity contribution in [3.63, 3.8) is 0 Å². The Morgan fingerprint density at radius 2 is 2.11 bits per heavy atom. The van der Waals surface area contributed by atoms with Crippen LogP contribution in [0.1, 0.15) is 43.5 Å². The number of hydrogen-bond acceptors (Lipinski definition) is 4. The zero-order chi connectivity index (χ0) is 12.8. The van der Waals surface area contributed by atoms with E-state index < -0.39 is 0 Å². The highest BCUT2D eigenvalue weighted by molar-refractivity contribution is 5.01. The van der Waals surface area contributed by atoms with E-state index >= 15 is 0 Å². The largest absolute Gasteiger partial charge is 0.307 e. The predicted octanol–water partition coefficient (Wildman–Crippen LogP) is 2.35. The Kier molecular flexibility index (Phi) is 4.66. The molecule has 4 nitrogen and oxygen atoms in total. The Morgan fingerprint density at radius 1 is 1.28 bits per heavy atom. The van der Waals surface area contributed by atoms with Crippen LogP contribution >= 0.6 is 0 Å². The Bertz CT molecular complexity index is 407. The summed E-state index contributed by atoms with van der Waals surface area (Å²) in [6, 6.07) is 2.75. The molecule has 1 aromatic heterocycles. The SMILES string of the molecule is Cc1cnc(CNC2CCCCCC2C#N)cn1. The van der Waals surface area contributed by atoms with E-state index in [4.69, 9.17) is 0 Å². The molecule has 1 aliphatic rings. The Labute approximate surface area is 108 Å². The van der Waals surface area contributed by atoms with Gasteiger partial charge in [0.1, 0.15) is 0 Å². The third-order valence-corrected chi connectivity index (χ3v) is 3.56. The van der Waals surface area contributed by atoms with Crippen LogP contribution in [0.4, 0.5) is 0 Å². The van der Waals surface area contributed by atoms with Crippen LogP contribution in [0.2, 0.25) is 0 Å². The topological polar surface area (TPSA) is 61.6 Å². The first-order valence-electron chi connectivity index (χ1n) is 6.70. The summed E-state index contributed by atoms with van der Waals surface area (Å²) in [5, 5.41) is 12.7. The van der Waals surface area contributed by atoms with E-state index in [9.17, 15) is 5.26 Å². The number of nitriles is 1. The van der Waals surface area contributed by atoms with Gasteiger partial charge in [-0.15, -0.1) is 0 Å². The monoisotopic (exact) mass is 244 g/mol. The van der Waals surface area contributed by atoms with Crippen molar-refractivity contribution in [2.24, 2.45) is 5.92 Å². The first-order chi connectivity index (χ1) is 8.79. The minimum atomic E-state index is 0.144. The molecule has 2 atom stereocenters. The molecule has 0 saturated heterocycles. The zero-order valence-corrected chi connectivity index (χ0v) is 10.9. The summed E-state index contributed by atoms with van der Waals surface area (Å²) < 4.78 is 0. The van der Waals surface area contributed by atoms with Crippen LogP contribution < -0.4 is 5.32 Å². The number of aromatic nitrogens is 2. The van der Waals surface area contributed by atoms with Crippen molar-refractivity contribution in [2.45, 2.75) is 51.6 Å². The molecule has 2 rings (SSSR count).